The van der Waals surface area contributed by atoms with Crippen molar-refractivity contribution in [2.75, 3.05) is 20.3 Å². The van der Waals surface area contributed by atoms with E-state index in [-0.39, 0.29) is 6.10 Å². The SMILES string of the molecule is C=Cc1cc(OC)c(OCC2CO2)cc1C. The van der Waals surface area contributed by atoms with Crippen LogP contribution in [-0.2, 0) is 4.74 Å². The van der Waals surface area contributed by atoms with E-state index in [1.54, 1.807) is 7.11 Å². The van der Waals surface area contributed by atoms with Crippen LogP contribution < -0.4 is 9.47 Å². The largest absolute Gasteiger partial charge is 0.493 e. The quantitative estimate of drug-likeness (QED) is 0.714. The predicted octanol–water partition coefficient (Wildman–Crippen LogP) is 2.42. The Kier molecular flexibility index (Phi) is 3.15. The second-order valence-corrected chi connectivity index (χ2v) is 3.83. The van der Waals surface area contributed by atoms with Crippen LogP contribution in [0.3, 0.4) is 0 Å². The first-order valence-electron chi connectivity index (χ1n) is 5.30. The summed E-state index contributed by atoms with van der Waals surface area (Å²) in [4.78, 5) is 0. The number of hydrogen-bond acceptors (Lipinski definition) is 3. The van der Waals surface area contributed by atoms with Crippen molar-refractivity contribution in [1.29, 1.82) is 0 Å². The lowest BCUT2D eigenvalue weighted by atomic mass is 10.1. The smallest absolute Gasteiger partial charge is 0.161 e. The van der Waals surface area contributed by atoms with E-state index in [9.17, 15) is 0 Å². The summed E-state index contributed by atoms with van der Waals surface area (Å²) in [5, 5.41) is 0. The summed E-state index contributed by atoms with van der Waals surface area (Å²) in [5.74, 6) is 1.50. The van der Waals surface area contributed by atoms with Crippen LogP contribution in [0.1, 0.15) is 11.1 Å². The first-order chi connectivity index (χ1) is 7.74. The molecule has 0 N–H and O–H groups in total. The first-order valence-corrected chi connectivity index (χ1v) is 5.30. The molecule has 16 heavy (non-hydrogen) atoms. The average molecular weight is 220 g/mol. The normalized spacial score (nSPS) is 18.0. The zero-order chi connectivity index (χ0) is 11.5. The molecule has 1 aliphatic rings. The second kappa shape index (κ2) is 4.58. The van der Waals surface area contributed by atoms with Crippen LogP contribution in [0.15, 0.2) is 18.7 Å². The minimum Gasteiger partial charge on any atom is -0.493 e. The number of ether oxygens (including phenoxy) is 3. The second-order valence-electron chi connectivity index (χ2n) is 3.83. The van der Waals surface area contributed by atoms with E-state index in [0.717, 1.165) is 29.2 Å². The Bertz CT molecular complexity index is 394. The van der Waals surface area contributed by atoms with Crippen LogP contribution in [0.25, 0.3) is 6.08 Å². The van der Waals surface area contributed by atoms with Crippen LogP contribution in [0, 0.1) is 6.92 Å². The van der Waals surface area contributed by atoms with Crippen molar-refractivity contribution in [2.45, 2.75) is 13.0 Å². The van der Waals surface area contributed by atoms with Gasteiger partial charge in [-0.15, -0.1) is 0 Å². The highest BCUT2D eigenvalue weighted by Crippen LogP contribution is 2.31. The summed E-state index contributed by atoms with van der Waals surface area (Å²) in [7, 11) is 1.64. The van der Waals surface area contributed by atoms with E-state index in [2.05, 4.69) is 6.58 Å². The monoisotopic (exact) mass is 220 g/mol. The maximum absolute atomic E-state index is 5.65. The summed E-state index contributed by atoms with van der Waals surface area (Å²) in [6.45, 7) is 7.17. The highest BCUT2D eigenvalue weighted by atomic mass is 16.6. The molecule has 1 aromatic rings. The molecule has 1 aliphatic heterocycles. The van der Waals surface area contributed by atoms with Gasteiger partial charge in [-0.25, -0.2) is 0 Å². The number of methoxy groups -OCH3 is 1. The zero-order valence-electron chi connectivity index (χ0n) is 9.66. The van der Waals surface area contributed by atoms with Gasteiger partial charge in [0.05, 0.1) is 13.7 Å². The molecule has 1 saturated heterocycles. The van der Waals surface area contributed by atoms with Gasteiger partial charge in [0.25, 0.3) is 0 Å². The highest BCUT2D eigenvalue weighted by molar-refractivity contribution is 5.58. The number of rotatable bonds is 5. The Balaban J connectivity index is 2.19. The van der Waals surface area contributed by atoms with Gasteiger partial charge in [0.15, 0.2) is 11.5 Å². The van der Waals surface area contributed by atoms with Gasteiger partial charge in [0, 0.05) is 0 Å². The fourth-order valence-corrected chi connectivity index (χ4v) is 1.52. The topological polar surface area (TPSA) is 31.0 Å². The fourth-order valence-electron chi connectivity index (χ4n) is 1.52. The maximum atomic E-state index is 5.65. The predicted molar refractivity (Wildman–Crippen MR) is 63.1 cm³/mol. The molecule has 3 nitrogen and oxygen atoms in total. The molecular formula is C13H16O3. The number of aryl methyl sites for hydroxylation is 1. The van der Waals surface area contributed by atoms with Crippen LogP contribution >= 0.6 is 0 Å². The van der Waals surface area contributed by atoms with Crippen LogP contribution in [0.2, 0.25) is 0 Å². The van der Waals surface area contributed by atoms with Gasteiger partial charge in [-0.05, 0) is 30.2 Å². The molecule has 3 heteroatoms. The standard InChI is InChI=1S/C13H16O3/c1-4-10-6-12(14-3)13(5-9(10)2)16-8-11-7-15-11/h4-6,11H,1,7-8H2,2-3H3. The summed E-state index contributed by atoms with van der Waals surface area (Å²) in [5.41, 5.74) is 2.19. The fraction of sp³-hybridized carbons (Fsp3) is 0.385. The molecule has 1 aromatic carbocycles. The van der Waals surface area contributed by atoms with Crippen molar-refractivity contribution >= 4 is 6.08 Å². The van der Waals surface area contributed by atoms with Gasteiger partial charge in [0.2, 0.25) is 0 Å². The van der Waals surface area contributed by atoms with Gasteiger partial charge in [-0.2, -0.15) is 0 Å². The molecule has 0 bridgehead atoms. The van der Waals surface area contributed by atoms with Crippen LogP contribution in [0.4, 0.5) is 0 Å². The van der Waals surface area contributed by atoms with E-state index in [0.29, 0.717) is 6.61 Å². The minimum absolute atomic E-state index is 0.254. The van der Waals surface area contributed by atoms with Crippen molar-refractivity contribution in [2.24, 2.45) is 0 Å². The average Bonchev–Trinajstić information content (AvgIpc) is 3.10. The Hall–Kier alpha value is -1.48. The van der Waals surface area contributed by atoms with E-state index in [1.165, 1.54) is 0 Å². The molecular weight excluding hydrogens is 204 g/mol. The minimum atomic E-state index is 0.254. The van der Waals surface area contributed by atoms with Crippen molar-refractivity contribution < 1.29 is 14.2 Å². The van der Waals surface area contributed by atoms with Gasteiger partial charge in [0.1, 0.15) is 12.7 Å². The molecule has 0 amide bonds. The van der Waals surface area contributed by atoms with E-state index in [1.807, 2.05) is 25.1 Å². The molecule has 1 atom stereocenters. The van der Waals surface area contributed by atoms with E-state index >= 15 is 0 Å². The molecule has 1 fully saturated rings. The summed E-state index contributed by atoms with van der Waals surface area (Å²) in [6.07, 6.45) is 2.06. The first kappa shape index (κ1) is 11.0. The van der Waals surface area contributed by atoms with Gasteiger partial charge in [-0.3, -0.25) is 0 Å². The molecule has 0 aromatic heterocycles. The van der Waals surface area contributed by atoms with E-state index < -0.39 is 0 Å². The van der Waals surface area contributed by atoms with Crippen molar-refractivity contribution in [3.63, 3.8) is 0 Å². The van der Waals surface area contributed by atoms with E-state index in [4.69, 9.17) is 14.2 Å². The van der Waals surface area contributed by atoms with Gasteiger partial charge >= 0.3 is 0 Å². The molecule has 86 valence electrons. The highest BCUT2D eigenvalue weighted by Gasteiger charge is 2.23. The Morgan fingerprint density at radius 2 is 2.25 bits per heavy atom. The number of hydrogen-bond donors (Lipinski definition) is 0. The Morgan fingerprint density at radius 3 is 2.81 bits per heavy atom. The molecule has 0 aliphatic carbocycles. The third kappa shape index (κ3) is 2.36. The summed E-state index contributed by atoms with van der Waals surface area (Å²) < 4.78 is 16.0. The van der Waals surface area contributed by atoms with Crippen molar-refractivity contribution in [1.82, 2.24) is 0 Å². The Labute approximate surface area is 95.6 Å². The molecule has 0 spiro atoms. The third-order valence-corrected chi connectivity index (χ3v) is 2.60. The summed E-state index contributed by atoms with van der Waals surface area (Å²) in [6, 6.07) is 3.91. The van der Waals surface area contributed by atoms with Gasteiger partial charge < -0.3 is 14.2 Å². The Morgan fingerprint density at radius 1 is 1.50 bits per heavy atom. The maximum Gasteiger partial charge on any atom is 0.161 e. The lowest BCUT2D eigenvalue weighted by Gasteiger charge is -2.12. The number of benzene rings is 1. The van der Waals surface area contributed by atoms with Crippen LogP contribution in [-0.4, -0.2) is 26.4 Å². The lowest BCUT2D eigenvalue weighted by molar-refractivity contribution is 0.252. The molecule has 0 saturated carbocycles. The zero-order valence-corrected chi connectivity index (χ0v) is 9.66. The van der Waals surface area contributed by atoms with Crippen LogP contribution in [0.5, 0.6) is 11.5 Å². The summed E-state index contributed by atoms with van der Waals surface area (Å²) >= 11 is 0. The lowest BCUT2D eigenvalue weighted by Crippen LogP contribution is -2.05. The van der Waals surface area contributed by atoms with Crippen molar-refractivity contribution in [3.8, 4) is 11.5 Å². The van der Waals surface area contributed by atoms with Crippen molar-refractivity contribution in [3.05, 3.63) is 29.8 Å². The number of epoxide rings is 1. The molecule has 1 unspecified atom stereocenters. The third-order valence-electron chi connectivity index (χ3n) is 2.60. The molecule has 1 heterocycles. The molecule has 2 rings (SSSR count). The molecule has 0 radical (unpaired) electrons. The van der Waals surface area contributed by atoms with Gasteiger partial charge in [-0.1, -0.05) is 12.7 Å².